The maximum absolute atomic E-state index is 13.5. The minimum absolute atomic E-state index is 0.0614. The third-order valence-corrected chi connectivity index (χ3v) is 5.44. The highest BCUT2D eigenvalue weighted by Crippen LogP contribution is 2.22. The maximum Gasteiger partial charge on any atom is 0.412 e. The van der Waals surface area contributed by atoms with Crippen LogP contribution in [0.25, 0.3) is 11.3 Å². The summed E-state index contributed by atoms with van der Waals surface area (Å²) >= 11 is 0. The van der Waals surface area contributed by atoms with Crippen molar-refractivity contribution in [2.45, 2.75) is 13.0 Å². The van der Waals surface area contributed by atoms with Gasteiger partial charge in [0.1, 0.15) is 17.5 Å². The Morgan fingerprint density at radius 1 is 1.17 bits per heavy atom. The second-order valence-electron chi connectivity index (χ2n) is 7.90. The molecule has 0 saturated carbocycles. The summed E-state index contributed by atoms with van der Waals surface area (Å²) in [6.07, 6.45) is 4.17. The Bertz CT molecular complexity index is 1360. The van der Waals surface area contributed by atoms with Gasteiger partial charge in [0.05, 0.1) is 17.5 Å². The molecule has 36 heavy (non-hydrogen) atoms. The van der Waals surface area contributed by atoms with Gasteiger partial charge in [0.2, 0.25) is 0 Å². The summed E-state index contributed by atoms with van der Waals surface area (Å²) in [4.78, 5) is 34.2. The van der Waals surface area contributed by atoms with Gasteiger partial charge in [-0.3, -0.25) is 14.8 Å². The van der Waals surface area contributed by atoms with Crippen LogP contribution in [0.15, 0.2) is 67.1 Å². The van der Waals surface area contributed by atoms with Gasteiger partial charge in [0, 0.05) is 43.7 Å². The van der Waals surface area contributed by atoms with Gasteiger partial charge >= 0.3 is 6.09 Å². The monoisotopic (exact) mass is 489 g/mol. The molecule has 0 radical (unpaired) electrons. The molecule has 4 aromatic rings. The molecule has 3 aromatic heterocycles. The van der Waals surface area contributed by atoms with E-state index in [1.807, 2.05) is 6.07 Å². The first-order chi connectivity index (χ1) is 17.4. The van der Waals surface area contributed by atoms with Crippen molar-refractivity contribution in [2.24, 2.45) is 0 Å². The summed E-state index contributed by atoms with van der Waals surface area (Å²) in [6.45, 7) is 0.480. The van der Waals surface area contributed by atoms with Crippen molar-refractivity contribution < 1.29 is 19.1 Å². The zero-order chi connectivity index (χ0) is 25.5. The molecule has 0 aliphatic heterocycles. The third-order valence-electron chi connectivity index (χ3n) is 5.44. The summed E-state index contributed by atoms with van der Waals surface area (Å²) in [7, 11) is 1.38. The Hall–Kier alpha value is -4.80. The molecular weight excluding hydrogens is 465 g/mol. The number of hydrogen-bond acceptors (Lipinski definition) is 6. The Kier molecular flexibility index (Phi) is 7.49. The number of benzene rings is 1. The molecule has 3 heterocycles. The van der Waals surface area contributed by atoms with E-state index >= 15 is 0 Å². The summed E-state index contributed by atoms with van der Waals surface area (Å²) in [5.74, 6) is -0.123. The Labute approximate surface area is 206 Å². The lowest BCUT2D eigenvalue weighted by molar-refractivity contribution is 0.0951. The number of aromatic nitrogens is 4. The molecule has 0 spiro atoms. The number of anilines is 2. The van der Waals surface area contributed by atoms with Gasteiger partial charge in [-0.15, -0.1) is 0 Å². The van der Waals surface area contributed by atoms with Crippen molar-refractivity contribution in [3.63, 3.8) is 0 Å². The molecule has 0 unspecified atom stereocenters. The summed E-state index contributed by atoms with van der Waals surface area (Å²) in [5, 5.41) is 22.0. The van der Waals surface area contributed by atoms with Crippen molar-refractivity contribution >= 4 is 23.6 Å². The number of nitrogens with zero attached hydrogens (tertiary/aromatic N) is 4. The number of carbonyl (C=O) groups is 2. The predicted octanol–water partition coefficient (Wildman–Crippen LogP) is 3.70. The van der Waals surface area contributed by atoms with E-state index in [-0.39, 0.29) is 18.2 Å². The molecule has 11 heteroatoms. The van der Waals surface area contributed by atoms with Gasteiger partial charge in [-0.05, 0) is 42.3 Å². The first kappa shape index (κ1) is 24.3. The van der Waals surface area contributed by atoms with Gasteiger partial charge < -0.3 is 15.7 Å². The first-order valence-electron chi connectivity index (χ1n) is 11.1. The minimum Gasteiger partial charge on any atom is -0.465 e. The van der Waals surface area contributed by atoms with Crippen LogP contribution in [0.1, 0.15) is 21.5 Å². The Morgan fingerprint density at radius 3 is 2.78 bits per heavy atom. The molecular formula is C25H24FN7O3. The van der Waals surface area contributed by atoms with E-state index in [1.54, 1.807) is 42.7 Å². The van der Waals surface area contributed by atoms with Crippen LogP contribution in [0.4, 0.5) is 20.8 Å². The number of aromatic amines is 1. The largest absolute Gasteiger partial charge is 0.465 e. The van der Waals surface area contributed by atoms with Crippen LogP contribution in [-0.4, -0.2) is 50.9 Å². The third kappa shape index (κ3) is 5.81. The molecule has 0 aliphatic carbocycles. The number of hydrogen-bond donors (Lipinski definition) is 4. The highest BCUT2D eigenvalue weighted by Gasteiger charge is 2.18. The standard InChI is InChI=1S/C25H24FN7O3/c1-33(25(35)36)23-17(5-3-10-28-23)13-29-24(34)20-7-8-21(18-14-30-31-15-18)32-22(20)27-11-9-16-4-2-6-19(26)12-16/h2-8,10,12,14-15H,9,11,13H2,1H3,(H,27,32)(H,29,34)(H,30,31)(H,35,36). The van der Waals surface area contributed by atoms with Gasteiger partial charge in [-0.2, -0.15) is 5.10 Å². The summed E-state index contributed by atoms with van der Waals surface area (Å²) < 4.78 is 13.5. The van der Waals surface area contributed by atoms with Gasteiger partial charge in [0.25, 0.3) is 5.91 Å². The Morgan fingerprint density at radius 2 is 2.03 bits per heavy atom. The molecule has 0 saturated heterocycles. The lowest BCUT2D eigenvalue weighted by Gasteiger charge is -2.17. The highest BCUT2D eigenvalue weighted by molar-refractivity contribution is 5.99. The topological polar surface area (TPSA) is 136 Å². The number of carbonyl (C=O) groups excluding carboxylic acids is 1. The molecule has 2 amide bonds. The maximum atomic E-state index is 13.5. The summed E-state index contributed by atoms with van der Waals surface area (Å²) in [6, 6.07) is 13.1. The normalized spacial score (nSPS) is 10.6. The molecule has 0 aliphatic rings. The molecule has 0 bridgehead atoms. The number of halogens is 1. The van der Waals surface area contributed by atoms with Crippen LogP contribution < -0.4 is 15.5 Å². The quantitative estimate of drug-likeness (QED) is 0.281. The fourth-order valence-electron chi connectivity index (χ4n) is 3.58. The molecule has 0 fully saturated rings. The number of carboxylic acid groups (broad SMARTS) is 1. The lowest BCUT2D eigenvalue weighted by atomic mass is 10.1. The van der Waals surface area contributed by atoms with Crippen molar-refractivity contribution in [3.05, 3.63) is 89.6 Å². The second kappa shape index (κ2) is 11.1. The van der Waals surface area contributed by atoms with Crippen molar-refractivity contribution in [1.82, 2.24) is 25.5 Å². The number of H-pyrrole nitrogens is 1. The predicted molar refractivity (Wildman–Crippen MR) is 132 cm³/mol. The van der Waals surface area contributed by atoms with Crippen LogP contribution in [0, 0.1) is 5.82 Å². The molecule has 1 aromatic carbocycles. The Balaban J connectivity index is 1.53. The number of amides is 2. The number of nitrogens with one attached hydrogen (secondary N) is 3. The molecule has 10 nitrogen and oxygen atoms in total. The number of rotatable bonds is 9. The summed E-state index contributed by atoms with van der Waals surface area (Å²) in [5.41, 5.74) is 3.03. The van der Waals surface area contributed by atoms with Crippen molar-refractivity contribution in [1.29, 1.82) is 0 Å². The van der Waals surface area contributed by atoms with E-state index in [4.69, 9.17) is 0 Å². The van der Waals surface area contributed by atoms with Crippen LogP contribution in [0.2, 0.25) is 0 Å². The van der Waals surface area contributed by atoms with Crippen LogP contribution in [-0.2, 0) is 13.0 Å². The van der Waals surface area contributed by atoms with E-state index in [1.165, 1.54) is 25.4 Å². The smallest absolute Gasteiger partial charge is 0.412 e. The molecule has 4 N–H and O–H groups in total. The molecule has 4 rings (SSSR count). The fraction of sp³-hybridized carbons (Fsp3) is 0.160. The lowest BCUT2D eigenvalue weighted by Crippen LogP contribution is -2.29. The molecule has 0 atom stereocenters. The average Bonchev–Trinajstić information content (AvgIpc) is 3.42. The van der Waals surface area contributed by atoms with Crippen LogP contribution in [0.3, 0.4) is 0 Å². The SMILES string of the molecule is CN(C(=O)O)c1ncccc1CNC(=O)c1ccc(-c2cn[nH]c2)nc1NCCc1cccc(F)c1. The van der Waals surface area contributed by atoms with Gasteiger partial charge in [0.15, 0.2) is 0 Å². The minimum atomic E-state index is -1.16. The average molecular weight is 490 g/mol. The zero-order valence-corrected chi connectivity index (χ0v) is 19.4. The van der Waals surface area contributed by atoms with E-state index < -0.39 is 12.0 Å². The second-order valence-corrected chi connectivity index (χ2v) is 7.90. The van der Waals surface area contributed by atoms with Crippen LogP contribution >= 0.6 is 0 Å². The first-order valence-corrected chi connectivity index (χ1v) is 11.1. The van der Waals surface area contributed by atoms with Gasteiger partial charge in [-0.1, -0.05) is 18.2 Å². The molecule has 184 valence electrons. The van der Waals surface area contributed by atoms with Crippen molar-refractivity contribution in [3.8, 4) is 11.3 Å². The fourth-order valence-corrected chi connectivity index (χ4v) is 3.58. The van der Waals surface area contributed by atoms with E-state index in [9.17, 15) is 19.1 Å². The van der Waals surface area contributed by atoms with Crippen LogP contribution in [0.5, 0.6) is 0 Å². The highest BCUT2D eigenvalue weighted by atomic mass is 19.1. The number of pyridine rings is 2. The zero-order valence-electron chi connectivity index (χ0n) is 19.4. The van der Waals surface area contributed by atoms with E-state index in [0.717, 1.165) is 16.0 Å². The van der Waals surface area contributed by atoms with Crippen molar-refractivity contribution in [2.75, 3.05) is 23.8 Å². The van der Waals surface area contributed by atoms with E-state index in [0.29, 0.717) is 35.6 Å². The van der Waals surface area contributed by atoms with Gasteiger partial charge in [-0.25, -0.2) is 19.2 Å². The van der Waals surface area contributed by atoms with E-state index in [2.05, 4.69) is 30.8 Å².